The van der Waals surface area contributed by atoms with Gasteiger partial charge in [0.1, 0.15) is 11.6 Å². The topological polar surface area (TPSA) is 47.6 Å². The van der Waals surface area contributed by atoms with Crippen molar-refractivity contribution < 1.29 is 20.1 Å². The van der Waals surface area contributed by atoms with E-state index in [0.717, 1.165) is 11.1 Å². The molecule has 0 atom stereocenters. The van der Waals surface area contributed by atoms with E-state index in [0.29, 0.717) is 24.1 Å². The van der Waals surface area contributed by atoms with Gasteiger partial charge in [0.05, 0.1) is 12.7 Å². The summed E-state index contributed by atoms with van der Waals surface area (Å²) in [7, 11) is 0. The fraction of sp³-hybridized carbons (Fsp3) is 0.269. The van der Waals surface area contributed by atoms with Crippen molar-refractivity contribution in [2.24, 2.45) is 0 Å². The number of halogens is 1. The Bertz CT molecular complexity index is 1030. The van der Waals surface area contributed by atoms with Crippen LogP contribution in [-0.4, -0.2) is 17.6 Å². The maximum Gasteiger partial charge on any atom is 0.267 e. The van der Waals surface area contributed by atoms with E-state index in [-0.39, 0.29) is 13.2 Å². The second-order valence-corrected chi connectivity index (χ2v) is 8.31. The molecule has 1 N–H and O–H groups in total. The molecular weight excluding hydrogens is 393 g/mol. The molecule has 1 aliphatic rings. The van der Waals surface area contributed by atoms with Gasteiger partial charge < -0.3 is 14.8 Å². The molecular formula is C26H28FNO3. The maximum absolute atomic E-state index is 13.1. The Hall–Kier alpha value is -3.18. The van der Waals surface area contributed by atoms with Crippen LogP contribution in [0.5, 0.6) is 5.75 Å². The molecule has 162 valence electrons. The van der Waals surface area contributed by atoms with Gasteiger partial charge in [-0.1, -0.05) is 36.4 Å². The Morgan fingerprint density at radius 3 is 2.13 bits per heavy atom. The Balaban J connectivity index is 0.00000289. The number of ether oxygens (including phenoxy) is 2. The molecule has 1 amide bonds. The van der Waals surface area contributed by atoms with Crippen LogP contribution >= 0.6 is 0 Å². The van der Waals surface area contributed by atoms with Crippen LogP contribution in [0.25, 0.3) is 11.1 Å². The third kappa shape index (κ3) is 5.70. The quantitative estimate of drug-likeness (QED) is 0.470. The molecule has 0 heterocycles. The summed E-state index contributed by atoms with van der Waals surface area (Å²) < 4.78 is 24.6. The lowest BCUT2D eigenvalue weighted by atomic mass is 10.0. The second-order valence-electron chi connectivity index (χ2n) is 8.31. The molecule has 4 nitrogen and oxygen atoms in total. The summed E-state index contributed by atoms with van der Waals surface area (Å²) in [5, 5.41) is 2.88. The van der Waals surface area contributed by atoms with Gasteiger partial charge in [-0.25, -0.2) is 4.39 Å². The lowest BCUT2D eigenvalue weighted by Gasteiger charge is -2.25. The summed E-state index contributed by atoms with van der Waals surface area (Å²) in [6, 6.07) is 21.6. The highest BCUT2D eigenvalue weighted by atomic mass is 19.1. The van der Waals surface area contributed by atoms with Crippen molar-refractivity contribution in [1.29, 1.82) is 0 Å². The van der Waals surface area contributed by atoms with Crippen LogP contribution in [0.1, 0.15) is 33.7 Å². The number of rotatable bonds is 8. The summed E-state index contributed by atoms with van der Waals surface area (Å²) in [6.45, 7) is 4.01. The summed E-state index contributed by atoms with van der Waals surface area (Å²) in [5.41, 5.74) is 2.90. The van der Waals surface area contributed by atoms with E-state index in [4.69, 9.17) is 9.47 Å². The van der Waals surface area contributed by atoms with Crippen molar-refractivity contribution in [1.82, 2.24) is 0 Å². The van der Waals surface area contributed by atoms with Gasteiger partial charge in [0.25, 0.3) is 5.91 Å². The number of carbonyl (C=O) groups excluding carboxylic acids is 1. The molecule has 0 aromatic heterocycles. The number of amides is 1. The van der Waals surface area contributed by atoms with Crippen molar-refractivity contribution in [3.63, 3.8) is 0 Å². The van der Waals surface area contributed by atoms with Gasteiger partial charge in [-0.15, -0.1) is 0 Å². The number of hydrogen-bond acceptors (Lipinski definition) is 3. The predicted octanol–water partition coefficient (Wildman–Crippen LogP) is 6.21. The number of anilines is 1. The number of carbonyl (C=O) groups is 1. The number of nitrogens with one attached hydrogen (secondary N) is 1. The van der Waals surface area contributed by atoms with E-state index in [2.05, 4.69) is 29.6 Å². The molecule has 1 aliphatic carbocycles. The van der Waals surface area contributed by atoms with Crippen LogP contribution in [0.3, 0.4) is 0 Å². The normalized spacial score (nSPS) is 13.6. The first kappa shape index (κ1) is 21.1. The highest BCUT2D eigenvalue weighted by Gasteiger charge is 2.30. The summed E-state index contributed by atoms with van der Waals surface area (Å²) in [6.07, 6.45) is 2.81. The van der Waals surface area contributed by atoms with Gasteiger partial charge in [-0.2, -0.15) is 0 Å². The number of benzene rings is 3. The molecule has 3 aromatic carbocycles. The summed E-state index contributed by atoms with van der Waals surface area (Å²) in [5.74, 6) is -0.205. The van der Waals surface area contributed by atoms with Crippen LogP contribution in [0.4, 0.5) is 10.1 Å². The van der Waals surface area contributed by atoms with Crippen molar-refractivity contribution in [3.8, 4) is 16.9 Å². The summed E-state index contributed by atoms with van der Waals surface area (Å²) in [4.78, 5) is 12.7. The van der Waals surface area contributed by atoms with E-state index >= 15 is 0 Å². The Morgan fingerprint density at radius 2 is 1.55 bits per heavy atom. The Morgan fingerprint density at radius 1 is 0.968 bits per heavy atom. The standard InChI is InChI=1S/C26H26FNO3.H2/c1-26(2,31-24-13-9-21(27)10-14-24)25(29)28-22-11-7-20(8-12-22)19-5-3-18(4-6-19)17-30-23-15-16-23;/h3-14,23H,15-17H2,1-2H3,(H,28,29);1H. The first-order valence-electron chi connectivity index (χ1n) is 10.5. The minimum absolute atomic E-state index is 0. The predicted molar refractivity (Wildman–Crippen MR) is 122 cm³/mol. The molecule has 1 fully saturated rings. The largest absolute Gasteiger partial charge is 0.478 e. The molecule has 0 unspecified atom stereocenters. The van der Waals surface area contributed by atoms with E-state index in [9.17, 15) is 9.18 Å². The molecule has 0 radical (unpaired) electrons. The minimum Gasteiger partial charge on any atom is -0.478 e. The summed E-state index contributed by atoms with van der Waals surface area (Å²) >= 11 is 0. The van der Waals surface area contributed by atoms with Gasteiger partial charge in [-0.05, 0) is 79.8 Å². The molecule has 5 heteroatoms. The lowest BCUT2D eigenvalue weighted by Crippen LogP contribution is -2.42. The average Bonchev–Trinajstić information content (AvgIpc) is 3.59. The second kappa shape index (κ2) is 8.90. The Labute approximate surface area is 183 Å². The van der Waals surface area contributed by atoms with Gasteiger partial charge in [0.15, 0.2) is 5.60 Å². The van der Waals surface area contributed by atoms with Crippen LogP contribution < -0.4 is 10.1 Å². The van der Waals surface area contributed by atoms with Crippen LogP contribution in [0.2, 0.25) is 0 Å². The zero-order valence-electron chi connectivity index (χ0n) is 17.7. The zero-order valence-corrected chi connectivity index (χ0v) is 17.7. The first-order valence-corrected chi connectivity index (χ1v) is 10.5. The molecule has 0 spiro atoms. The monoisotopic (exact) mass is 421 g/mol. The molecule has 1 saturated carbocycles. The fourth-order valence-corrected chi connectivity index (χ4v) is 3.11. The smallest absolute Gasteiger partial charge is 0.267 e. The minimum atomic E-state index is -1.12. The molecule has 31 heavy (non-hydrogen) atoms. The first-order chi connectivity index (χ1) is 14.9. The molecule has 3 aromatic rings. The van der Waals surface area contributed by atoms with Gasteiger partial charge in [0.2, 0.25) is 0 Å². The SMILES string of the molecule is CC(C)(Oc1ccc(F)cc1)C(=O)Nc1ccc(-c2ccc(COC3CC3)cc2)cc1.[HH]. The van der Waals surface area contributed by atoms with Crippen LogP contribution in [0, 0.1) is 5.82 Å². The van der Waals surface area contributed by atoms with Crippen molar-refractivity contribution in [2.45, 2.75) is 45.0 Å². The van der Waals surface area contributed by atoms with E-state index in [1.165, 1.54) is 42.7 Å². The average molecular weight is 422 g/mol. The molecule has 0 aliphatic heterocycles. The van der Waals surface area contributed by atoms with Crippen molar-refractivity contribution in [3.05, 3.63) is 84.2 Å². The van der Waals surface area contributed by atoms with E-state index in [1.807, 2.05) is 24.3 Å². The van der Waals surface area contributed by atoms with Crippen LogP contribution in [-0.2, 0) is 16.1 Å². The molecule has 4 rings (SSSR count). The highest BCUT2D eigenvalue weighted by Crippen LogP contribution is 2.26. The van der Waals surface area contributed by atoms with Crippen molar-refractivity contribution >= 4 is 11.6 Å². The van der Waals surface area contributed by atoms with E-state index in [1.54, 1.807) is 13.8 Å². The van der Waals surface area contributed by atoms with Crippen LogP contribution in [0.15, 0.2) is 72.8 Å². The number of hydrogen-bond donors (Lipinski definition) is 1. The Kier molecular flexibility index (Phi) is 6.05. The maximum atomic E-state index is 13.1. The molecule has 0 bridgehead atoms. The van der Waals surface area contributed by atoms with Gasteiger partial charge >= 0.3 is 0 Å². The van der Waals surface area contributed by atoms with Gasteiger partial charge in [0, 0.05) is 7.11 Å². The fourth-order valence-electron chi connectivity index (χ4n) is 3.11. The van der Waals surface area contributed by atoms with Gasteiger partial charge in [-0.3, -0.25) is 4.79 Å². The third-order valence-corrected chi connectivity index (χ3v) is 5.17. The van der Waals surface area contributed by atoms with Crippen molar-refractivity contribution in [2.75, 3.05) is 5.32 Å². The van der Waals surface area contributed by atoms with E-state index < -0.39 is 5.60 Å². The third-order valence-electron chi connectivity index (χ3n) is 5.17. The lowest BCUT2D eigenvalue weighted by molar-refractivity contribution is -0.128. The molecule has 0 saturated heterocycles. The zero-order chi connectivity index (χ0) is 21.8. The highest BCUT2D eigenvalue weighted by molar-refractivity contribution is 5.97.